The topological polar surface area (TPSA) is 45.6 Å². The van der Waals surface area contributed by atoms with Gasteiger partial charge in [-0.15, -0.1) is 12.4 Å². The Hall–Kier alpha value is -1.33. The molecule has 1 aliphatic carbocycles. The standard InChI is InChI=1S/C19H29N3O2.ClH/c1-6-16-12(2)9-14(18(23)21(16)5)19(24)22-10-15(13-7-8-13)17(11-22)20(3)4;/h9,13,15,17H,6-8,10-11H2,1-5H3;1H/t15-,17+;/m1./s1. The molecule has 0 aromatic carbocycles. The molecular weight excluding hydrogens is 338 g/mol. The normalized spacial score (nSPS) is 23.0. The largest absolute Gasteiger partial charge is 0.337 e. The molecular formula is C19H30ClN3O2. The first kappa shape index (κ1) is 20.0. The van der Waals surface area contributed by atoms with Gasteiger partial charge in [0.05, 0.1) is 0 Å². The first-order valence-corrected chi connectivity index (χ1v) is 9.00. The van der Waals surface area contributed by atoms with E-state index >= 15 is 0 Å². The molecule has 0 radical (unpaired) electrons. The second-order valence-electron chi connectivity index (χ2n) is 7.65. The average molecular weight is 368 g/mol. The van der Waals surface area contributed by atoms with Crippen molar-refractivity contribution in [1.29, 1.82) is 0 Å². The van der Waals surface area contributed by atoms with E-state index < -0.39 is 0 Å². The molecule has 3 rings (SSSR count). The summed E-state index contributed by atoms with van der Waals surface area (Å²) in [7, 11) is 5.95. The molecule has 1 saturated carbocycles. The van der Waals surface area contributed by atoms with Gasteiger partial charge in [0.25, 0.3) is 11.5 Å². The highest BCUT2D eigenvalue weighted by Crippen LogP contribution is 2.42. The number of aryl methyl sites for hydroxylation is 1. The zero-order valence-corrected chi connectivity index (χ0v) is 16.7. The highest BCUT2D eigenvalue weighted by atomic mass is 35.5. The summed E-state index contributed by atoms with van der Waals surface area (Å²) in [6.07, 6.45) is 3.36. The van der Waals surface area contributed by atoms with Gasteiger partial charge < -0.3 is 14.4 Å². The third-order valence-electron chi connectivity index (χ3n) is 5.83. The van der Waals surface area contributed by atoms with E-state index in [0.717, 1.165) is 36.7 Å². The molecule has 0 unspecified atom stereocenters. The van der Waals surface area contributed by atoms with Gasteiger partial charge in [-0.3, -0.25) is 9.59 Å². The van der Waals surface area contributed by atoms with E-state index in [1.807, 2.05) is 18.7 Å². The lowest BCUT2D eigenvalue weighted by atomic mass is 9.97. The predicted molar refractivity (Wildman–Crippen MR) is 103 cm³/mol. The summed E-state index contributed by atoms with van der Waals surface area (Å²) in [6, 6.07) is 2.19. The van der Waals surface area contributed by atoms with Gasteiger partial charge in [-0.2, -0.15) is 0 Å². The van der Waals surface area contributed by atoms with Gasteiger partial charge in [-0.25, -0.2) is 0 Å². The van der Waals surface area contributed by atoms with E-state index in [0.29, 0.717) is 17.5 Å². The number of likely N-dealkylation sites (N-methyl/N-ethyl adjacent to an activating group) is 1. The Morgan fingerprint density at radius 3 is 2.44 bits per heavy atom. The molecule has 1 aromatic rings. The molecule has 2 heterocycles. The van der Waals surface area contributed by atoms with Crippen LogP contribution in [0.4, 0.5) is 0 Å². The minimum absolute atomic E-state index is 0. The monoisotopic (exact) mass is 367 g/mol. The average Bonchev–Trinajstić information content (AvgIpc) is 3.28. The highest BCUT2D eigenvalue weighted by molar-refractivity contribution is 5.94. The van der Waals surface area contributed by atoms with Crippen molar-refractivity contribution in [2.45, 2.75) is 39.2 Å². The van der Waals surface area contributed by atoms with Gasteiger partial charge in [0.1, 0.15) is 5.56 Å². The molecule has 0 N–H and O–H groups in total. The third-order valence-corrected chi connectivity index (χ3v) is 5.83. The van der Waals surface area contributed by atoms with Crippen LogP contribution in [0.25, 0.3) is 0 Å². The van der Waals surface area contributed by atoms with Crippen molar-refractivity contribution >= 4 is 18.3 Å². The van der Waals surface area contributed by atoms with Gasteiger partial charge >= 0.3 is 0 Å². The minimum Gasteiger partial charge on any atom is -0.337 e. The van der Waals surface area contributed by atoms with Crippen LogP contribution < -0.4 is 5.56 Å². The van der Waals surface area contributed by atoms with Gasteiger partial charge in [-0.05, 0) is 63.7 Å². The molecule has 2 atom stereocenters. The van der Waals surface area contributed by atoms with Crippen LogP contribution in [0.2, 0.25) is 0 Å². The summed E-state index contributed by atoms with van der Waals surface area (Å²) in [6.45, 7) is 5.52. The molecule has 1 aromatic heterocycles. The maximum Gasteiger partial charge on any atom is 0.263 e. The molecule has 6 heteroatoms. The van der Waals surface area contributed by atoms with Crippen LogP contribution >= 0.6 is 12.4 Å². The van der Waals surface area contributed by atoms with Crippen molar-refractivity contribution in [2.24, 2.45) is 18.9 Å². The number of pyridine rings is 1. The summed E-state index contributed by atoms with van der Waals surface area (Å²) >= 11 is 0. The van der Waals surface area contributed by atoms with Crippen molar-refractivity contribution in [3.05, 3.63) is 33.2 Å². The zero-order chi connectivity index (χ0) is 17.6. The third kappa shape index (κ3) is 3.63. The predicted octanol–water partition coefficient (Wildman–Crippen LogP) is 2.09. The fraction of sp³-hybridized carbons (Fsp3) is 0.684. The Kier molecular flexibility index (Phi) is 6.00. The minimum atomic E-state index is -0.168. The Labute approximate surface area is 156 Å². The van der Waals surface area contributed by atoms with Crippen LogP contribution in [-0.4, -0.2) is 53.5 Å². The van der Waals surface area contributed by atoms with Crippen molar-refractivity contribution in [3.63, 3.8) is 0 Å². The molecule has 0 bridgehead atoms. The second kappa shape index (κ2) is 7.50. The van der Waals surface area contributed by atoms with Crippen LogP contribution in [0, 0.1) is 18.8 Å². The first-order valence-electron chi connectivity index (χ1n) is 9.00. The number of hydrogen-bond acceptors (Lipinski definition) is 3. The van der Waals surface area contributed by atoms with Crippen LogP contribution in [0.15, 0.2) is 10.9 Å². The number of nitrogens with zero attached hydrogens (tertiary/aromatic N) is 3. The number of amides is 1. The molecule has 140 valence electrons. The van der Waals surface area contributed by atoms with Gasteiger partial charge in [0.2, 0.25) is 0 Å². The van der Waals surface area contributed by atoms with E-state index in [2.05, 4.69) is 19.0 Å². The molecule has 1 amide bonds. The van der Waals surface area contributed by atoms with E-state index in [-0.39, 0.29) is 23.9 Å². The smallest absolute Gasteiger partial charge is 0.263 e. The number of likely N-dealkylation sites (tertiary alicyclic amines) is 1. The molecule has 1 saturated heterocycles. The van der Waals surface area contributed by atoms with E-state index in [1.54, 1.807) is 17.7 Å². The molecule has 2 aliphatic rings. The fourth-order valence-corrected chi connectivity index (χ4v) is 4.28. The molecule has 1 aliphatic heterocycles. The number of rotatable bonds is 4. The number of carbonyl (C=O) groups excluding carboxylic acids is 1. The lowest BCUT2D eigenvalue weighted by Crippen LogP contribution is -2.38. The zero-order valence-electron chi connectivity index (χ0n) is 15.9. The van der Waals surface area contributed by atoms with Gasteiger partial charge in [-0.1, -0.05) is 6.92 Å². The molecule has 25 heavy (non-hydrogen) atoms. The first-order chi connectivity index (χ1) is 11.3. The lowest BCUT2D eigenvalue weighted by Gasteiger charge is -2.24. The Bertz CT molecular complexity index is 699. The van der Waals surface area contributed by atoms with E-state index in [4.69, 9.17) is 0 Å². The highest BCUT2D eigenvalue weighted by Gasteiger charge is 2.45. The van der Waals surface area contributed by atoms with Crippen molar-refractivity contribution in [2.75, 3.05) is 27.2 Å². The van der Waals surface area contributed by atoms with Crippen LogP contribution in [-0.2, 0) is 13.5 Å². The summed E-state index contributed by atoms with van der Waals surface area (Å²) in [5.41, 5.74) is 2.17. The quantitative estimate of drug-likeness (QED) is 0.818. The Morgan fingerprint density at radius 1 is 1.28 bits per heavy atom. The van der Waals surface area contributed by atoms with Crippen molar-refractivity contribution < 1.29 is 4.79 Å². The maximum absolute atomic E-state index is 13.0. The maximum atomic E-state index is 13.0. The molecule has 0 spiro atoms. The Morgan fingerprint density at radius 2 is 1.92 bits per heavy atom. The summed E-state index contributed by atoms with van der Waals surface area (Å²) in [5, 5.41) is 0. The van der Waals surface area contributed by atoms with Crippen LogP contribution in [0.1, 0.15) is 41.4 Å². The summed E-state index contributed by atoms with van der Waals surface area (Å²) in [5.74, 6) is 1.20. The number of hydrogen-bond donors (Lipinski definition) is 0. The number of halogens is 1. The summed E-state index contributed by atoms with van der Waals surface area (Å²) in [4.78, 5) is 29.8. The van der Waals surface area contributed by atoms with Crippen molar-refractivity contribution in [1.82, 2.24) is 14.4 Å². The van der Waals surface area contributed by atoms with Crippen LogP contribution in [0.3, 0.4) is 0 Å². The van der Waals surface area contributed by atoms with Gasteiger partial charge in [0, 0.05) is 31.9 Å². The second-order valence-corrected chi connectivity index (χ2v) is 7.65. The molecule has 2 fully saturated rings. The SMILES string of the molecule is CCc1c(C)cc(C(=O)N2C[C@H](C3CC3)[C@@H](N(C)C)C2)c(=O)n1C.Cl. The molecule has 5 nitrogen and oxygen atoms in total. The van der Waals surface area contributed by atoms with Crippen molar-refractivity contribution in [3.8, 4) is 0 Å². The fourth-order valence-electron chi connectivity index (χ4n) is 4.28. The lowest BCUT2D eigenvalue weighted by molar-refractivity contribution is 0.0778. The van der Waals surface area contributed by atoms with E-state index in [1.165, 1.54) is 12.8 Å². The Balaban J connectivity index is 0.00000225. The number of carbonyl (C=O) groups is 1. The summed E-state index contributed by atoms with van der Waals surface area (Å²) < 4.78 is 1.64. The van der Waals surface area contributed by atoms with Crippen LogP contribution in [0.5, 0.6) is 0 Å². The van der Waals surface area contributed by atoms with Gasteiger partial charge in [0.15, 0.2) is 0 Å². The number of aromatic nitrogens is 1. The van der Waals surface area contributed by atoms with E-state index in [9.17, 15) is 9.59 Å².